The smallest absolute Gasteiger partial charge is 0.251 e. The Balaban J connectivity index is 2.12. The van der Waals surface area contributed by atoms with E-state index in [4.69, 9.17) is 0 Å². The maximum atomic E-state index is 12.1. The van der Waals surface area contributed by atoms with E-state index < -0.39 is 0 Å². The molecular weight excluding hydrogens is 226 g/mol. The van der Waals surface area contributed by atoms with Crippen LogP contribution in [0.1, 0.15) is 43.5 Å². The third-order valence-corrected chi connectivity index (χ3v) is 3.15. The molecule has 2 N–H and O–H groups in total. The predicted octanol–water partition coefficient (Wildman–Crippen LogP) is 2.87. The Bertz CT molecular complexity index is 533. The molecule has 96 valence electrons. The lowest BCUT2D eigenvalue weighted by molar-refractivity contribution is 0.0934. The third-order valence-electron chi connectivity index (χ3n) is 3.15. The van der Waals surface area contributed by atoms with Crippen LogP contribution in [0.15, 0.2) is 24.5 Å². The maximum Gasteiger partial charge on any atom is 0.251 e. The topological polar surface area (TPSA) is 57.8 Å². The predicted molar refractivity (Wildman–Crippen MR) is 72.5 cm³/mol. The lowest BCUT2D eigenvalue weighted by atomic mass is 10.1. The molecule has 0 aliphatic heterocycles. The van der Waals surface area contributed by atoms with Crippen molar-refractivity contribution in [1.82, 2.24) is 15.3 Å². The fourth-order valence-corrected chi connectivity index (χ4v) is 2.07. The van der Waals surface area contributed by atoms with Crippen molar-refractivity contribution in [2.45, 2.75) is 39.2 Å². The lowest BCUT2D eigenvalue weighted by Crippen LogP contribution is -2.34. The molecule has 1 amide bonds. The Labute approximate surface area is 107 Å². The van der Waals surface area contributed by atoms with Gasteiger partial charge in [0.1, 0.15) is 0 Å². The second-order valence-corrected chi connectivity index (χ2v) is 4.50. The third kappa shape index (κ3) is 2.70. The van der Waals surface area contributed by atoms with E-state index in [0.29, 0.717) is 5.56 Å². The highest BCUT2D eigenvalue weighted by molar-refractivity contribution is 5.97. The Kier molecular flexibility index (Phi) is 3.97. The molecule has 0 bridgehead atoms. The molecule has 1 aromatic heterocycles. The van der Waals surface area contributed by atoms with E-state index >= 15 is 0 Å². The molecule has 2 rings (SSSR count). The summed E-state index contributed by atoms with van der Waals surface area (Å²) in [6.45, 7) is 4.23. The standard InChI is InChI=1S/C14H19N3O/c1-3-5-11(4-2)17-14(18)10-6-7-12-13(8-10)16-9-15-12/h6-9,11H,3-5H2,1-2H3,(H,15,16)(H,17,18). The van der Waals surface area contributed by atoms with E-state index in [1.165, 1.54) is 0 Å². The number of carbonyl (C=O) groups is 1. The molecule has 0 spiro atoms. The number of H-pyrrole nitrogens is 1. The van der Waals surface area contributed by atoms with Crippen LogP contribution < -0.4 is 5.32 Å². The number of imidazole rings is 1. The second-order valence-electron chi connectivity index (χ2n) is 4.50. The van der Waals surface area contributed by atoms with Gasteiger partial charge in [-0.1, -0.05) is 20.3 Å². The van der Waals surface area contributed by atoms with Crippen molar-refractivity contribution in [3.63, 3.8) is 0 Å². The molecule has 0 aliphatic carbocycles. The zero-order valence-electron chi connectivity index (χ0n) is 10.9. The monoisotopic (exact) mass is 245 g/mol. The van der Waals surface area contributed by atoms with Crippen LogP contribution in [-0.2, 0) is 0 Å². The molecule has 0 saturated carbocycles. The highest BCUT2D eigenvalue weighted by Crippen LogP contribution is 2.12. The molecule has 0 aliphatic rings. The molecule has 1 atom stereocenters. The van der Waals surface area contributed by atoms with Gasteiger partial charge in [0.15, 0.2) is 0 Å². The number of aromatic nitrogens is 2. The summed E-state index contributed by atoms with van der Waals surface area (Å²) in [4.78, 5) is 19.3. The number of nitrogens with zero attached hydrogens (tertiary/aromatic N) is 1. The van der Waals surface area contributed by atoms with Gasteiger partial charge in [0.05, 0.1) is 17.4 Å². The number of aromatic amines is 1. The van der Waals surface area contributed by atoms with E-state index in [1.807, 2.05) is 18.2 Å². The van der Waals surface area contributed by atoms with Crippen molar-refractivity contribution in [3.05, 3.63) is 30.1 Å². The average molecular weight is 245 g/mol. The molecule has 4 heteroatoms. The number of hydrogen-bond acceptors (Lipinski definition) is 2. The molecule has 4 nitrogen and oxygen atoms in total. The first-order valence-electron chi connectivity index (χ1n) is 6.48. The molecule has 1 heterocycles. The van der Waals surface area contributed by atoms with Gasteiger partial charge in [-0.25, -0.2) is 4.98 Å². The normalized spacial score (nSPS) is 12.6. The first kappa shape index (κ1) is 12.6. The largest absolute Gasteiger partial charge is 0.349 e. The lowest BCUT2D eigenvalue weighted by Gasteiger charge is -2.15. The van der Waals surface area contributed by atoms with Crippen molar-refractivity contribution in [2.75, 3.05) is 0 Å². The zero-order chi connectivity index (χ0) is 13.0. The van der Waals surface area contributed by atoms with Crippen LogP contribution in [0.25, 0.3) is 11.0 Å². The molecule has 18 heavy (non-hydrogen) atoms. The fourth-order valence-electron chi connectivity index (χ4n) is 2.07. The number of fused-ring (bicyclic) bond motifs is 1. The van der Waals surface area contributed by atoms with Gasteiger partial charge in [-0.05, 0) is 31.0 Å². The van der Waals surface area contributed by atoms with Gasteiger partial charge >= 0.3 is 0 Å². The number of carbonyl (C=O) groups excluding carboxylic acids is 1. The van der Waals surface area contributed by atoms with E-state index in [-0.39, 0.29) is 11.9 Å². The van der Waals surface area contributed by atoms with Gasteiger partial charge in [-0.15, -0.1) is 0 Å². The first-order chi connectivity index (χ1) is 8.74. The van der Waals surface area contributed by atoms with Crippen LogP contribution in [0.5, 0.6) is 0 Å². The summed E-state index contributed by atoms with van der Waals surface area (Å²) in [6, 6.07) is 5.79. The van der Waals surface area contributed by atoms with Crippen LogP contribution in [0, 0.1) is 0 Å². The molecule has 2 aromatic rings. The molecule has 0 fully saturated rings. The summed E-state index contributed by atoms with van der Waals surface area (Å²) < 4.78 is 0. The van der Waals surface area contributed by atoms with E-state index in [9.17, 15) is 4.79 Å². The number of amides is 1. The van der Waals surface area contributed by atoms with Crippen molar-refractivity contribution in [3.8, 4) is 0 Å². The van der Waals surface area contributed by atoms with Gasteiger partial charge in [0.25, 0.3) is 5.91 Å². The van der Waals surface area contributed by atoms with Gasteiger partial charge in [-0.2, -0.15) is 0 Å². The minimum atomic E-state index is -0.00759. The highest BCUT2D eigenvalue weighted by Gasteiger charge is 2.12. The van der Waals surface area contributed by atoms with Crippen LogP contribution in [-0.4, -0.2) is 21.9 Å². The van der Waals surface area contributed by atoms with E-state index in [0.717, 1.165) is 30.3 Å². The second kappa shape index (κ2) is 5.67. The van der Waals surface area contributed by atoms with Crippen LogP contribution in [0.4, 0.5) is 0 Å². The van der Waals surface area contributed by atoms with Crippen molar-refractivity contribution < 1.29 is 4.79 Å². The minimum absolute atomic E-state index is 0.00759. The van der Waals surface area contributed by atoms with Gasteiger partial charge in [0.2, 0.25) is 0 Å². The van der Waals surface area contributed by atoms with Gasteiger partial charge in [0, 0.05) is 11.6 Å². The van der Waals surface area contributed by atoms with Crippen molar-refractivity contribution in [2.24, 2.45) is 0 Å². The molecule has 1 unspecified atom stereocenters. The van der Waals surface area contributed by atoms with Crippen molar-refractivity contribution >= 4 is 16.9 Å². The van der Waals surface area contributed by atoms with E-state index in [1.54, 1.807) is 6.33 Å². The van der Waals surface area contributed by atoms with Crippen LogP contribution >= 0.6 is 0 Å². The summed E-state index contributed by atoms with van der Waals surface area (Å²) in [5.74, 6) is -0.00759. The maximum absolute atomic E-state index is 12.1. The van der Waals surface area contributed by atoms with Crippen LogP contribution in [0.3, 0.4) is 0 Å². The number of nitrogens with one attached hydrogen (secondary N) is 2. The summed E-state index contributed by atoms with van der Waals surface area (Å²) in [5, 5.41) is 3.07. The quantitative estimate of drug-likeness (QED) is 0.851. The van der Waals surface area contributed by atoms with E-state index in [2.05, 4.69) is 29.1 Å². The fraction of sp³-hybridized carbons (Fsp3) is 0.429. The summed E-state index contributed by atoms with van der Waals surface area (Å²) in [5.41, 5.74) is 2.46. The highest BCUT2D eigenvalue weighted by atomic mass is 16.1. The molecule has 1 aromatic carbocycles. The van der Waals surface area contributed by atoms with Crippen molar-refractivity contribution in [1.29, 1.82) is 0 Å². The summed E-state index contributed by atoms with van der Waals surface area (Å²) in [7, 11) is 0. The Morgan fingerprint density at radius 2 is 2.28 bits per heavy atom. The first-order valence-corrected chi connectivity index (χ1v) is 6.48. The molecule has 0 saturated heterocycles. The molecular formula is C14H19N3O. The van der Waals surface area contributed by atoms with Crippen LogP contribution in [0.2, 0.25) is 0 Å². The SMILES string of the molecule is CCCC(CC)NC(=O)c1ccc2nc[nH]c2c1. The van der Waals surface area contributed by atoms with Gasteiger partial charge in [-0.3, -0.25) is 4.79 Å². The number of rotatable bonds is 5. The van der Waals surface area contributed by atoms with Gasteiger partial charge < -0.3 is 10.3 Å². The summed E-state index contributed by atoms with van der Waals surface area (Å²) in [6.07, 6.45) is 4.71. The zero-order valence-corrected chi connectivity index (χ0v) is 10.9. The average Bonchev–Trinajstić information content (AvgIpc) is 2.85. The minimum Gasteiger partial charge on any atom is -0.349 e. The Morgan fingerprint density at radius 1 is 1.44 bits per heavy atom. The Hall–Kier alpha value is -1.84. The molecule has 0 radical (unpaired) electrons. The number of hydrogen-bond donors (Lipinski definition) is 2. The Morgan fingerprint density at radius 3 is 3.00 bits per heavy atom. The summed E-state index contributed by atoms with van der Waals surface area (Å²) >= 11 is 0. The number of benzene rings is 1.